The zero-order valence-electron chi connectivity index (χ0n) is 15.6. The number of carbonyl (C=O) groups is 1. The van der Waals surface area contributed by atoms with Gasteiger partial charge < -0.3 is 10.2 Å². The van der Waals surface area contributed by atoms with Crippen LogP contribution < -0.4 is 5.32 Å². The van der Waals surface area contributed by atoms with Crippen LogP contribution in [0.1, 0.15) is 64.0 Å². The molecule has 1 saturated carbocycles. The lowest BCUT2D eigenvalue weighted by atomic mass is 9.92. The minimum atomic E-state index is 0.128. The third-order valence-corrected chi connectivity index (χ3v) is 5.91. The first-order valence-corrected chi connectivity index (χ1v) is 10.1. The molecule has 1 N–H and O–H groups in total. The lowest BCUT2D eigenvalue weighted by Gasteiger charge is -2.33. The normalized spacial score (nSPS) is 23.2. The van der Waals surface area contributed by atoms with Gasteiger partial charge in [-0.15, -0.1) is 0 Å². The van der Waals surface area contributed by atoms with Crippen LogP contribution in [0.15, 0.2) is 24.4 Å². The average molecular weight is 344 g/mol. The van der Waals surface area contributed by atoms with Gasteiger partial charge in [0, 0.05) is 18.2 Å². The molecule has 2 atom stereocenters. The van der Waals surface area contributed by atoms with E-state index in [0.29, 0.717) is 18.5 Å². The molecule has 2 unspecified atom stereocenters. The zero-order valence-corrected chi connectivity index (χ0v) is 15.6. The molecule has 0 bridgehead atoms. The summed E-state index contributed by atoms with van der Waals surface area (Å²) in [5.41, 5.74) is 1.00. The molecule has 1 amide bonds. The first-order valence-electron chi connectivity index (χ1n) is 10.1. The molecule has 1 aromatic heterocycles. The van der Waals surface area contributed by atoms with Gasteiger partial charge in [0.05, 0.1) is 12.2 Å². The third-order valence-electron chi connectivity index (χ3n) is 5.91. The fourth-order valence-electron chi connectivity index (χ4n) is 4.50. The Labute approximate surface area is 152 Å². The minimum absolute atomic E-state index is 0.128. The summed E-state index contributed by atoms with van der Waals surface area (Å²) < 4.78 is 0. The van der Waals surface area contributed by atoms with Gasteiger partial charge in [-0.1, -0.05) is 38.7 Å². The fraction of sp³-hybridized carbons (Fsp3) is 0.714. The van der Waals surface area contributed by atoms with Crippen LogP contribution in [-0.4, -0.2) is 34.9 Å². The Hall–Kier alpha value is -1.42. The summed E-state index contributed by atoms with van der Waals surface area (Å²) in [6, 6.07) is 6.34. The summed E-state index contributed by atoms with van der Waals surface area (Å²) in [6.07, 6.45) is 11.5. The molecule has 2 aliphatic rings. The van der Waals surface area contributed by atoms with Crippen molar-refractivity contribution in [3.8, 4) is 0 Å². The van der Waals surface area contributed by atoms with E-state index in [0.717, 1.165) is 50.4 Å². The van der Waals surface area contributed by atoms with Crippen molar-refractivity contribution < 1.29 is 4.79 Å². The van der Waals surface area contributed by atoms with E-state index in [1.165, 1.54) is 25.7 Å². The molecule has 0 aromatic carbocycles. The van der Waals surface area contributed by atoms with E-state index in [-0.39, 0.29) is 5.92 Å². The first kappa shape index (κ1) is 18.4. The van der Waals surface area contributed by atoms with Crippen LogP contribution in [0, 0.1) is 11.8 Å². The monoisotopic (exact) mass is 343 g/mol. The van der Waals surface area contributed by atoms with E-state index < -0.39 is 0 Å². The molecule has 1 aliphatic heterocycles. The molecule has 4 heteroatoms. The van der Waals surface area contributed by atoms with Gasteiger partial charge in [0.25, 0.3) is 0 Å². The van der Waals surface area contributed by atoms with Crippen molar-refractivity contribution in [2.24, 2.45) is 11.8 Å². The maximum absolute atomic E-state index is 13.3. The number of carbonyl (C=O) groups excluding carboxylic acids is 1. The Bertz CT molecular complexity index is 519. The first-order chi connectivity index (χ1) is 12.2. The molecule has 3 rings (SSSR count). The highest BCUT2D eigenvalue weighted by atomic mass is 16.2. The van der Waals surface area contributed by atoms with Crippen molar-refractivity contribution in [1.82, 2.24) is 15.2 Å². The highest BCUT2D eigenvalue weighted by molar-refractivity contribution is 5.78. The Kier molecular flexibility index (Phi) is 6.85. The van der Waals surface area contributed by atoms with Crippen LogP contribution in [0.2, 0.25) is 0 Å². The summed E-state index contributed by atoms with van der Waals surface area (Å²) in [5.74, 6) is 1.22. The van der Waals surface area contributed by atoms with Crippen molar-refractivity contribution in [3.63, 3.8) is 0 Å². The second-order valence-corrected chi connectivity index (χ2v) is 7.91. The average Bonchev–Trinajstić information content (AvgIpc) is 3.00. The number of aromatic nitrogens is 1. The van der Waals surface area contributed by atoms with Crippen molar-refractivity contribution in [2.45, 2.75) is 70.9 Å². The highest BCUT2D eigenvalue weighted by Crippen LogP contribution is 2.31. The summed E-state index contributed by atoms with van der Waals surface area (Å²) >= 11 is 0. The van der Waals surface area contributed by atoms with E-state index in [4.69, 9.17) is 0 Å². The third kappa shape index (κ3) is 5.27. The van der Waals surface area contributed by atoms with Gasteiger partial charge in [-0.2, -0.15) is 0 Å². The molecule has 0 radical (unpaired) electrons. The van der Waals surface area contributed by atoms with E-state index in [2.05, 4.69) is 22.1 Å². The fourth-order valence-corrected chi connectivity index (χ4v) is 4.50. The Balaban J connectivity index is 1.70. The molecule has 2 heterocycles. The Morgan fingerprint density at radius 1 is 1.20 bits per heavy atom. The van der Waals surface area contributed by atoms with E-state index in [1.54, 1.807) is 0 Å². The molecule has 4 nitrogen and oxygen atoms in total. The van der Waals surface area contributed by atoms with E-state index in [9.17, 15) is 4.79 Å². The SMILES string of the molecule is CC(CC1CCCC1)C(=O)N(Cc1ccccn1)C1CCCNCC1. The van der Waals surface area contributed by atoms with Crippen molar-refractivity contribution >= 4 is 5.91 Å². The maximum Gasteiger partial charge on any atom is 0.226 e. The number of hydrogen-bond acceptors (Lipinski definition) is 3. The van der Waals surface area contributed by atoms with Gasteiger partial charge in [-0.05, 0) is 56.8 Å². The van der Waals surface area contributed by atoms with Crippen LogP contribution in [0.5, 0.6) is 0 Å². The van der Waals surface area contributed by atoms with Crippen molar-refractivity contribution in [3.05, 3.63) is 30.1 Å². The molecule has 1 aliphatic carbocycles. The Morgan fingerprint density at radius 3 is 2.80 bits per heavy atom. The second-order valence-electron chi connectivity index (χ2n) is 7.91. The number of amides is 1. The smallest absolute Gasteiger partial charge is 0.226 e. The maximum atomic E-state index is 13.3. The quantitative estimate of drug-likeness (QED) is 0.855. The van der Waals surface area contributed by atoms with Gasteiger partial charge in [0.15, 0.2) is 0 Å². The summed E-state index contributed by atoms with van der Waals surface area (Å²) in [4.78, 5) is 19.9. The van der Waals surface area contributed by atoms with E-state index >= 15 is 0 Å². The standard InChI is InChI=1S/C21H33N3O/c1-17(15-18-7-2-3-8-18)21(25)24(16-19-9-4-5-13-23-19)20-10-6-12-22-14-11-20/h4-5,9,13,17-18,20,22H,2-3,6-8,10-12,14-16H2,1H3. The van der Waals surface area contributed by atoms with Gasteiger partial charge >= 0.3 is 0 Å². The van der Waals surface area contributed by atoms with Gasteiger partial charge in [0.1, 0.15) is 0 Å². The van der Waals surface area contributed by atoms with Gasteiger partial charge in [0.2, 0.25) is 5.91 Å². The summed E-state index contributed by atoms with van der Waals surface area (Å²) in [5, 5.41) is 3.47. The molecular weight excluding hydrogens is 310 g/mol. The second kappa shape index (κ2) is 9.33. The summed E-state index contributed by atoms with van der Waals surface area (Å²) in [7, 11) is 0. The Morgan fingerprint density at radius 2 is 2.04 bits per heavy atom. The van der Waals surface area contributed by atoms with Crippen molar-refractivity contribution in [1.29, 1.82) is 0 Å². The molecule has 138 valence electrons. The topological polar surface area (TPSA) is 45.2 Å². The van der Waals surface area contributed by atoms with Crippen LogP contribution in [0.4, 0.5) is 0 Å². The molecule has 1 aromatic rings. The zero-order chi connectivity index (χ0) is 17.5. The lowest BCUT2D eigenvalue weighted by molar-refractivity contribution is -0.139. The molecule has 25 heavy (non-hydrogen) atoms. The largest absolute Gasteiger partial charge is 0.334 e. The molecule has 2 fully saturated rings. The molecular formula is C21H33N3O. The van der Waals surface area contributed by atoms with Gasteiger partial charge in [-0.25, -0.2) is 0 Å². The van der Waals surface area contributed by atoms with Crippen LogP contribution in [0.3, 0.4) is 0 Å². The number of nitrogens with one attached hydrogen (secondary N) is 1. The highest BCUT2D eigenvalue weighted by Gasteiger charge is 2.30. The molecule has 0 spiro atoms. The van der Waals surface area contributed by atoms with E-state index in [1.807, 2.05) is 24.4 Å². The number of rotatable bonds is 6. The number of nitrogens with zero attached hydrogens (tertiary/aromatic N) is 2. The minimum Gasteiger partial charge on any atom is -0.334 e. The van der Waals surface area contributed by atoms with Crippen LogP contribution in [0.25, 0.3) is 0 Å². The summed E-state index contributed by atoms with van der Waals surface area (Å²) in [6.45, 7) is 4.87. The van der Waals surface area contributed by atoms with Crippen LogP contribution >= 0.6 is 0 Å². The number of pyridine rings is 1. The lowest BCUT2D eigenvalue weighted by Crippen LogP contribution is -2.43. The predicted octanol–water partition coefficient (Wildman–Crippen LogP) is 3.77. The van der Waals surface area contributed by atoms with Crippen LogP contribution in [-0.2, 0) is 11.3 Å². The van der Waals surface area contributed by atoms with Crippen molar-refractivity contribution in [2.75, 3.05) is 13.1 Å². The predicted molar refractivity (Wildman–Crippen MR) is 101 cm³/mol. The molecule has 1 saturated heterocycles. The van der Waals surface area contributed by atoms with Gasteiger partial charge in [-0.3, -0.25) is 9.78 Å². The number of hydrogen-bond donors (Lipinski definition) is 1.